The van der Waals surface area contributed by atoms with Crippen molar-refractivity contribution in [2.24, 2.45) is 5.73 Å². The third-order valence-electron chi connectivity index (χ3n) is 2.67. The van der Waals surface area contributed by atoms with Crippen LogP contribution in [0.3, 0.4) is 0 Å². The van der Waals surface area contributed by atoms with E-state index in [1.54, 1.807) is 18.2 Å². The van der Waals surface area contributed by atoms with Gasteiger partial charge < -0.3 is 5.73 Å². The number of sulfonamides is 1. The van der Waals surface area contributed by atoms with Crippen molar-refractivity contribution in [2.75, 3.05) is 4.72 Å². The van der Waals surface area contributed by atoms with Crippen LogP contribution in [0.15, 0.2) is 47.4 Å². The molecular weight excluding hydrogens is 286 g/mol. The van der Waals surface area contributed by atoms with Gasteiger partial charge in [-0.1, -0.05) is 18.2 Å². The highest BCUT2D eigenvalue weighted by Gasteiger charge is 2.23. The van der Waals surface area contributed by atoms with E-state index in [0.29, 0.717) is 0 Å². The number of rotatable bonds is 4. The summed E-state index contributed by atoms with van der Waals surface area (Å²) in [5.74, 6) is -2.04. The van der Waals surface area contributed by atoms with E-state index in [1.807, 2.05) is 0 Å². The molecule has 0 spiro atoms. The van der Waals surface area contributed by atoms with Gasteiger partial charge in [-0.3, -0.25) is 4.72 Å². The lowest BCUT2D eigenvalue weighted by molar-refractivity contribution is 0.530. The lowest BCUT2D eigenvalue weighted by Crippen LogP contribution is -2.17. The van der Waals surface area contributed by atoms with Crippen molar-refractivity contribution < 1.29 is 17.2 Å². The SMILES string of the molecule is NCc1c(F)ccc(S(=O)(=O)Nc2ccccc2)c1F. The normalized spacial score (nSPS) is 11.3. The van der Waals surface area contributed by atoms with Crippen LogP contribution in [0.4, 0.5) is 14.5 Å². The number of hydrogen-bond donors (Lipinski definition) is 2. The fourth-order valence-corrected chi connectivity index (χ4v) is 2.85. The molecule has 0 aliphatic carbocycles. The first-order valence-corrected chi connectivity index (χ1v) is 7.19. The summed E-state index contributed by atoms with van der Waals surface area (Å²) >= 11 is 0. The zero-order valence-corrected chi connectivity index (χ0v) is 11.1. The first-order chi connectivity index (χ1) is 9.45. The lowest BCUT2D eigenvalue weighted by Gasteiger charge is -2.11. The van der Waals surface area contributed by atoms with Crippen LogP contribution in [-0.4, -0.2) is 8.42 Å². The molecule has 0 aliphatic rings. The number of anilines is 1. The van der Waals surface area contributed by atoms with Gasteiger partial charge in [-0.2, -0.15) is 0 Å². The maximum atomic E-state index is 14.0. The smallest absolute Gasteiger partial charge is 0.264 e. The van der Waals surface area contributed by atoms with Gasteiger partial charge in [0.2, 0.25) is 0 Å². The molecule has 0 atom stereocenters. The summed E-state index contributed by atoms with van der Waals surface area (Å²) in [5, 5.41) is 0. The zero-order valence-electron chi connectivity index (χ0n) is 10.3. The molecular formula is C13H12F2N2O2S. The first kappa shape index (κ1) is 14.4. The average molecular weight is 298 g/mol. The van der Waals surface area contributed by atoms with Crippen LogP contribution in [0.1, 0.15) is 5.56 Å². The minimum atomic E-state index is -4.14. The summed E-state index contributed by atoms with van der Waals surface area (Å²) in [6.07, 6.45) is 0. The van der Waals surface area contributed by atoms with Gasteiger partial charge in [-0.15, -0.1) is 0 Å². The van der Waals surface area contributed by atoms with Crippen LogP contribution in [0.5, 0.6) is 0 Å². The largest absolute Gasteiger partial charge is 0.326 e. The predicted octanol–water partition coefficient (Wildman–Crippen LogP) is 2.22. The molecule has 3 N–H and O–H groups in total. The molecule has 0 heterocycles. The molecule has 0 bridgehead atoms. The molecule has 0 unspecified atom stereocenters. The number of nitrogens with two attached hydrogens (primary N) is 1. The van der Waals surface area contributed by atoms with E-state index < -0.39 is 38.7 Å². The molecule has 0 aromatic heterocycles. The van der Waals surface area contributed by atoms with Crippen LogP contribution >= 0.6 is 0 Å². The van der Waals surface area contributed by atoms with Gasteiger partial charge in [0.1, 0.15) is 10.7 Å². The summed E-state index contributed by atoms with van der Waals surface area (Å²) < 4.78 is 53.7. The summed E-state index contributed by atoms with van der Waals surface area (Å²) in [4.78, 5) is -0.636. The topological polar surface area (TPSA) is 72.2 Å². The molecule has 0 saturated heterocycles. The van der Waals surface area contributed by atoms with Crippen molar-refractivity contribution in [3.63, 3.8) is 0 Å². The maximum absolute atomic E-state index is 14.0. The Labute approximate surface area is 115 Å². The van der Waals surface area contributed by atoms with Crippen molar-refractivity contribution in [1.82, 2.24) is 0 Å². The van der Waals surface area contributed by atoms with Crippen molar-refractivity contribution in [1.29, 1.82) is 0 Å². The average Bonchev–Trinajstić information content (AvgIpc) is 2.39. The number of benzene rings is 2. The molecule has 0 amide bonds. The number of para-hydroxylation sites is 1. The molecule has 7 heteroatoms. The van der Waals surface area contributed by atoms with E-state index >= 15 is 0 Å². The van der Waals surface area contributed by atoms with Crippen LogP contribution in [-0.2, 0) is 16.6 Å². The molecule has 2 aromatic rings. The second-order valence-electron chi connectivity index (χ2n) is 4.01. The summed E-state index contributed by atoms with van der Waals surface area (Å²) in [7, 11) is -4.14. The summed E-state index contributed by atoms with van der Waals surface area (Å²) in [5.41, 5.74) is 5.05. The van der Waals surface area contributed by atoms with Crippen LogP contribution in [0.25, 0.3) is 0 Å². The van der Waals surface area contributed by atoms with Gasteiger partial charge in [0, 0.05) is 17.8 Å². The van der Waals surface area contributed by atoms with E-state index in [2.05, 4.69) is 4.72 Å². The maximum Gasteiger partial charge on any atom is 0.264 e. The highest BCUT2D eigenvalue weighted by atomic mass is 32.2. The second-order valence-corrected chi connectivity index (χ2v) is 5.66. The molecule has 0 aliphatic heterocycles. The number of hydrogen-bond acceptors (Lipinski definition) is 3. The standard InChI is InChI=1S/C13H12F2N2O2S/c14-11-6-7-12(13(15)10(11)8-16)20(18,19)17-9-4-2-1-3-5-9/h1-7,17H,8,16H2. The molecule has 2 aromatic carbocycles. The Hall–Kier alpha value is -1.99. The Morgan fingerprint density at radius 2 is 1.70 bits per heavy atom. The predicted molar refractivity (Wildman–Crippen MR) is 71.5 cm³/mol. The lowest BCUT2D eigenvalue weighted by atomic mass is 10.2. The van der Waals surface area contributed by atoms with Crippen molar-refractivity contribution in [2.45, 2.75) is 11.4 Å². The van der Waals surface area contributed by atoms with Crippen molar-refractivity contribution in [3.8, 4) is 0 Å². The molecule has 0 saturated carbocycles. The Kier molecular flexibility index (Phi) is 4.01. The molecule has 2 rings (SSSR count). The number of halogens is 2. The Bertz CT molecular complexity index is 719. The van der Waals surface area contributed by atoms with E-state index in [9.17, 15) is 17.2 Å². The number of nitrogens with one attached hydrogen (secondary N) is 1. The molecule has 106 valence electrons. The van der Waals surface area contributed by atoms with Crippen LogP contribution in [0, 0.1) is 11.6 Å². The minimum absolute atomic E-state index is 0.283. The molecule has 0 fully saturated rings. The summed E-state index contributed by atoms with van der Waals surface area (Å²) in [6.45, 7) is -0.424. The Morgan fingerprint density at radius 3 is 2.30 bits per heavy atom. The quantitative estimate of drug-likeness (QED) is 0.909. The van der Waals surface area contributed by atoms with Crippen molar-refractivity contribution in [3.05, 3.63) is 59.7 Å². The Balaban J connectivity index is 2.45. The van der Waals surface area contributed by atoms with E-state index in [-0.39, 0.29) is 5.69 Å². The monoisotopic (exact) mass is 298 g/mol. The zero-order chi connectivity index (χ0) is 14.8. The van der Waals surface area contributed by atoms with Crippen LogP contribution < -0.4 is 10.5 Å². The highest BCUT2D eigenvalue weighted by Crippen LogP contribution is 2.23. The second kappa shape index (κ2) is 5.56. The fraction of sp³-hybridized carbons (Fsp3) is 0.0769. The van der Waals surface area contributed by atoms with Gasteiger partial charge >= 0.3 is 0 Å². The van der Waals surface area contributed by atoms with Gasteiger partial charge in [0.05, 0.1) is 0 Å². The van der Waals surface area contributed by atoms with Gasteiger partial charge in [-0.25, -0.2) is 17.2 Å². The third kappa shape index (κ3) is 2.78. The molecule has 0 radical (unpaired) electrons. The van der Waals surface area contributed by atoms with Crippen molar-refractivity contribution >= 4 is 15.7 Å². The minimum Gasteiger partial charge on any atom is -0.326 e. The van der Waals surface area contributed by atoms with Gasteiger partial charge in [0.25, 0.3) is 10.0 Å². The van der Waals surface area contributed by atoms with Gasteiger partial charge in [-0.05, 0) is 24.3 Å². The van der Waals surface area contributed by atoms with E-state index in [4.69, 9.17) is 5.73 Å². The van der Waals surface area contributed by atoms with E-state index in [0.717, 1.165) is 12.1 Å². The first-order valence-electron chi connectivity index (χ1n) is 5.70. The molecule has 4 nitrogen and oxygen atoms in total. The van der Waals surface area contributed by atoms with E-state index in [1.165, 1.54) is 12.1 Å². The van der Waals surface area contributed by atoms with Gasteiger partial charge in [0.15, 0.2) is 5.82 Å². The molecule has 20 heavy (non-hydrogen) atoms. The Morgan fingerprint density at radius 1 is 1.05 bits per heavy atom. The third-order valence-corrected chi connectivity index (χ3v) is 4.07. The summed E-state index contributed by atoms with van der Waals surface area (Å²) in [6, 6.07) is 9.75. The van der Waals surface area contributed by atoms with Crippen LogP contribution in [0.2, 0.25) is 0 Å². The highest BCUT2D eigenvalue weighted by molar-refractivity contribution is 7.92. The fourth-order valence-electron chi connectivity index (χ4n) is 1.69.